The minimum absolute atomic E-state index is 0.253. The molecule has 1 aromatic heterocycles. The van der Waals surface area contributed by atoms with Crippen LogP contribution in [0.4, 0.5) is 11.6 Å². The van der Waals surface area contributed by atoms with Crippen LogP contribution >= 0.6 is 0 Å². The smallest absolute Gasteiger partial charge is 0.225 e. The highest BCUT2D eigenvalue weighted by Crippen LogP contribution is 2.28. The molecule has 1 amide bonds. The van der Waals surface area contributed by atoms with Crippen LogP contribution in [0.2, 0.25) is 0 Å². The van der Waals surface area contributed by atoms with Crippen molar-refractivity contribution >= 4 is 17.5 Å². The van der Waals surface area contributed by atoms with E-state index in [1.54, 1.807) is 12.4 Å². The van der Waals surface area contributed by atoms with Crippen molar-refractivity contribution in [2.45, 2.75) is 26.2 Å². The molecule has 2 aromatic rings. The van der Waals surface area contributed by atoms with Crippen LogP contribution in [0.5, 0.6) is 0 Å². The van der Waals surface area contributed by atoms with E-state index in [0.29, 0.717) is 6.42 Å². The number of aryl methyl sites for hydroxylation is 2. The number of carbonyl (C=O) groups is 1. The third-order valence-corrected chi connectivity index (χ3v) is 5.51. The number of benzene rings is 1. The largest absolute Gasteiger partial charge is 0.371 e. The van der Waals surface area contributed by atoms with E-state index < -0.39 is 0 Å². The number of hydrogen-bond donors (Lipinski definition) is 0. The maximum Gasteiger partial charge on any atom is 0.225 e. The molecule has 0 atom stereocenters. The van der Waals surface area contributed by atoms with Gasteiger partial charge in [-0.05, 0) is 37.5 Å². The lowest BCUT2D eigenvalue weighted by molar-refractivity contribution is -0.131. The highest BCUT2D eigenvalue weighted by atomic mass is 16.2. The molecule has 0 bridgehead atoms. The van der Waals surface area contributed by atoms with Gasteiger partial charge in [0.2, 0.25) is 11.9 Å². The van der Waals surface area contributed by atoms with Crippen molar-refractivity contribution in [1.82, 2.24) is 14.9 Å². The fraction of sp³-hybridized carbons (Fsp3) is 0.476. The molecule has 2 aliphatic heterocycles. The predicted molar refractivity (Wildman–Crippen MR) is 107 cm³/mol. The minimum atomic E-state index is 0.253. The molecule has 0 aliphatic carbocycles. The van der Waals surface area contributed by atoms with E-state index in [-0.39, 0.29) is 5.91 Å². The fourth-order valence-electron chi connectivity index (χ4n) is 4.04. The number of anilines is 2. The topological polar surface area (TPSA) is 52.6 Å². The Labute approximate surface area is 160 Å². The number of fused-ring (bicyclic) bond motifs is 1. The lowest BCUT2D eigenvalue weighted by Gasteiger charge is -2.36. The van der Waals surface area contributed by atoms with Crippen LogP contribution in [0.25, 0.3) is 0 Å². The quantitative estimate of drug-likeness (QED) is 0.832. The maximum absolute atomic E-state index is 12.7. The molecule has 0 radical (unpaired) electrons. The van der Waals surface area contributed by atoms with Gasteiger partial charge in [0.1, 0.15) is 0 Å². The molecule has 1 saturated heterocycles. The maximum atomic E-state index is 12.7. The van der Waals surface area contributed by atoms with Crippen molar-refractivity contribution in [3.05, 3.63) is 47.8 Å². The summed E-state index contributed by atoms with van der Waals surface area (Å²) in [5.41, 5.74) is 4.04. The highest BCUT2D eigenvalue weighted by Gasteiger charge is 2.23. The molecule has 3 heterocycles. The zero-order valence-electron chi connectivity index (χ0n) is 16.0. The number of amides is 1. The summed E-state index contributed by atoms with van der Waals surface area (Å²) in [5, 5.41) is 0. The van der Waals surface area contributed by atoms with E-state index in [1.807, 2.05) is 11.0 Å². The van der Waals surface area contributed by atoms with Crippen LogP contribution in [0, 0.1) is 6.92 Å². The van der Waals surface area contributed by atoms with Crippen LogP contribution in [0.1, 0.15) is 24.0 Å². The van der Waals surface area contributed by atoms with Crippen molar-refractivity contribution in [1.29, 1.82) is 0 Å². The van der Waals surface area contributed by atoms with E-state index >= 15 is 0 Å². The van der Waals surface area contributed by atoms with E-state index in [2.05, 4.69) is 44.9 Å². The Hall–Kier alpha value is -2.63. The highest BCUT2D eigenvalue weighted by molar-refractivity contribution is 5.77. The summed E-state index contributed by atoms with van der Waals surface area (Å²) in [6.07, 6.45) is 6.41. The van der Waals surface area contributed by atoms with E-state index in [0.717, 1.165) is 51.6 Å². The van der Waals surface area contributed by atoms with Gasteiger partial charge < -0.3 is 14.7 Å². The molecule has 1 aromatic carbocycles. The van der Waals surface area contributed by atoms with Crippen molar-refractivity contribution in [3.63, 3.8) is 0 Å². The van der Waals surface area contributed by atoms with Gasteiger partial charge in [0.25, 0.3) is 0 Å². The van der Waals surface area contributed by atoms with Crippen LogP contribution in [-0.2, 0) is 11.2 Å². The molecule has 4 rings (SSSR count). The summed E-state index contributed by atoms with van der Waals surface area (Å²) in [6, 6.07) is 8.49. The van der Waals surface area contributed by atoms with Gasteiger partial charge in [0, 0.05) is 63.8 Å². The molecular formula is C21H27N5O. The van der Waals surface area contributed by atoms with Gasteiger partial charge in [-0.15, -0.1) is 0 Å². The minimum Gasteiger partial charge on any atom is -0.371 e. The third kappa shape index (κ3) is 4.04. The first kappa shape index (κ1) is 17.8. The first-order valence-electron chi connectivity index (χ1n) is 9.85. The van der Waals surface area contributed by atoms with Gasteiger partial charge in [-0.25, -0.2) is 9.97 Å². The molecule has 0 N–H and O–H groups in total. The molecule has 27 heavy (non-hydrogen) atoms. The van der Waals surface area contributed by atoms with E-state index in [4.69, 9.17) is 0 Å². The zero-order valence-corrected chi connectivity index (χ0v) is 16.0. The first-order chi connectivity index (χ1) is 13.2. The van der Waals surface area contributed by atoms with Gasteiger partial charge in [-0.3, -0.25) is 4.79 Å². The second kappa shape index (κ2) is 7.94. The molecule has 1 fully saturated rings. The lowest BCUT2D eigenvalue weighted by atomic mass is 9.99. The molecule has 6 nitrogen and oxygen atoms in total. The Morgan fingerprint density at radius 1 is 1.07 bits per heavy atom. The zero-order chi connectivity index (χ0) is 18.6. The van der Waals surface area contributed by atoms with Crippen LogP contribution in [0.3, 0.4) is 0 Å². The normalized spacial score (nSPS) is 17.0. The Balaban J connectivity index is 1.30. The van der Waals surface area contributed by atoms with E-state index in [9.17, 15) is 4.79 Å². The van der Waals surface area contributed by atoms with Gasteiger partial charge in [0.05, 0.1) is 0 Å². The average molecular weight is 365 g/mol. The van der Waals surface area contributed by atoms with Gasteiger partial charge >= 0.3 is 0 Å². The van der Waals surface area contributed by atoms with E-state index in [1.165, 1.54) is 23.2 Å². The van der Waals surface area contributed by atoms with Crippen molar-refractivity contribution in [2.24, 2.45) is 0 Å². The molecule has 6 heteroatoms. The van der Waals surface area contributed by atoms with Gasteiger partial charge in [-0.2, -0.15) is 0 Å². The Bertz CT molecular complexity index is 786. The first-order valence-corrected chi connectivity index (χ1v) is 9.85. The van der Waals surface area contributed by atoms with Crippen LogP contribution in [0.15, 0.2) is 36.7 Å². The number of rotatable bonds is 4. The van der Waals surface area contributed by atoms with Gasteiger partial charge in [0.15, 0.2) is 0 Å². The molecule has 142 valence electrons. The van der Waals surface area contributed by atoms with Crippen LogP contribution in [-0.4, -0.2) is 60.0 Å². The fourth-order valence-corrected chi connectivity index (χ4v) is 4.04. The number of hydrogen-bond acceptors (Lipinski definition) is 5. The standard InChI is InChI=1S/C21H27N5O/c1-17-5-6-19-18(16-17)4-2-10-24(19)11-7-20(27)25-12-14-26(15-13-25)21-22-8-3-9-23-21/h3,5-6,8-9,16H,2,4,7,10-15H2,1H3. The Morgan fingerprint density at radius 2 is 1.85 bits per heavy atom. The second-order valence-corrected chi connectivity index (χ2v) is 7.39. The number of aromatic nitrogens is 2. The van der Waals surface area contributed by atoms with Crippen LogP contribution < -0.4 is 9.80 Å². The average Bonchev–Trinajstić information content (AvgIpc) is 2.72. The summed E-state index contributed by atoms with van der Waals surface area (Å²) in [7, 11) is 0. The Kier molecular flexibility index (Phi) is 5.23. The SMILES string of the molecule is Cc1ccc2c(c1)CCCN2CCC(=O)N1CCN(c2ncccn2)CC1. The Morgan fingerprint density at radius 3 is 2.63 bits per heavy atom. The summed E-state index contributed by atoms with van der Waals surface area (Å²) >= 11 is 0. The molecule has 0 unspecified atom stereocenters. The predicted octanol–water partition coefficient (Wildman–Crippen LogP) is 2.28. The summed E-state index contributed by atoms with van der Waals surface area (Å²) in [4.78, 5) is 27.8. The number of nitrogens with zero attached hydrogens (tertiary/aromatic N) is 5. The van der Waals surface area contributed by atoms with Crippen molar-refractivity contribution < 1.29 is 4.79 Å². The molecular weight excluding hydrogens is 338 g/mol. The lowest BCUT2D eigenvalue weighted by Crippen LogP contribution is -2.49. The summed E-state index contributed by atoms with van der Waals surface area (Å²) in [5.74, 6) is 1.01. The summed E-state index contributed by atoms with van der Waals surface area (Å²) in [6.45, 7) is 7.06. The molecule has 2 aliphatic rings. The van der Waals surface area contributed by atoms with Gasteiger partial charge in [-0.1, -0.05) is 17.7 Å². The number of piperazine rings is 1. The summed E-state index contributed by atoms with van der Waals surface area (Å²) < 4.78 is 0. The molecule has 0 spiro atoms. The third-order valence-electron chi connectivity index (χ3n) is 5.51. The van der Waals surface area contributed by atoms with Crippen molar-refractivity contribution in [2.75, 3.05) is 49.1 Å². The molecule has 0 saturated carbocycles. The van der Waals surface area contributed by atoms with Crippen molar-refractivity contribution in [3.8, 4) is 0 Å². The number of carbonyl (C=O) groups excluding carboxylic acids is 1. The monoisotopic (exact) mass is 365 g/mol. The second-order valence-electron chi connectivity index (χ2n) is 7.39.